The van der Waals surface area contributed by atoms with Crippen molar-refractivity contribution in [1.29, 1.82) is 0 Å². The maximum Gasteiger partial charge on any atom is 0.471 e. The molecule has 16 heteroatoms. The van der Waals surface area contributed by atoms with E-state index < -0.39 is 41.0 Å². The van der Waals surface area contributed by atoms with Crippen LogP contribution in [0.4, 0.5) is 19.0 Å². The highest BCUT2D eigenvalue weighted by molar-refractivity contribution is 8.77. The summed E-state index contributed by atoms with van der Waals surface area (Å²) in [5.74, 6) is 4.06. The van der Waals surface area contributed by atoms with Crippen LogP contribution >= 0.6 is 21.6 Å². The molecule has 1 saturated heterocycles. The molecule has 3 atom stereocenters. The van der Waals surface area contributed by atoms with Gasteiger partial charge in [0, 0.05) is 38.0 Å². The molecule has 0 bridgehead atoms. The molecule has 0 aliphatic carbocycles. The van der Waals surface area contributed by atoms with Gasteiger partial charge in [-0.2, -0.15) is 18.2 Å². The minimum atomic E-state index is -4.93. The minimum Gasteiger partial charge on any atom is -0.394 e. The number of aliphatic imine (C=N–C) groups is 1. The van der Waals surface area contributed by atoms with E-state index in [4.69, 9.17) is 14.2 Å². The number of hydrogen-bond donors (Lipinski definition) is 2. The summed E-state index contributed by atoms with van der Waals surface area (Å²) < 4.78 is 54.7. The van der Waals surface area contributed by atoms with E-state index in [2.05, 4.69) is 28.4 Å². The number of hydrogen-bond acceptors (Lipinski definition) is 10. The third kappa shape index (κ3) is 11.7. The second kappa shape index (κ2) is 16.2. The summed E-state index contributed by atoms with van der Waals surface area (Å²) in [6.45, 7) is 6.83. The van der Waals surface area contributed by atoms with Crippen molar-refractivity contribution in [2.75, 3.05) is 46.4 Å². The van der Waals surface area contributed by atoms with E-state index >= 15 is 0 Å². The van der Waals surface area contributed by atoms with Crippen LogP contribution in [0.3, 0.4) is 0 Å². The molecule has 1 amide bonds. The number of halogens is 3. The van der Waals surface area contributed by atoms with Gasteiger partial charge in [-0.25, -0.2) is 9.79 Å². The molecule has 1 aliphatic rings. The van der Waals surface area contributed by atoms with Crippen LogP contribution in [0.5, 0.6) is 0 Å². The average Bonchev–Trinajstić information content (AvgIpc) is 3.31. The third-order valence-corrected chi connectivity index (χ3v) is 8.16. The fourth-order valence-electron chi connectivity index (χ4n) is 3.29. The number of nitrogens with zero attached hydrogens (tertiary/aromatic N) is 4. The molecule has 228 valence electrons. The summed E-state index contributed by atoms with van der Waals surface area (Å²) in [5, 5.41) is 11.5. The van der Waals surface area contributed by atoms with Crippen LogP contribution in [0.1, 0.15) is 32.1 Å². The summed E-state index contributed by atoms with van der Waals surface area (Å²) in [6, 6.07) is 0. The summed E-state index contributed by atoms with van der Waals surface area (Å²) in [5.41, 5.74) is -0.263. The number of aromatic nitrogens is 2. The first kappa shape index (κ1) is 34.7. The monoisotopic (exact) mass is 621 g/mol. The highest BCUT2D eigenvalue weighted by Crippen LogP contribution is 2.35. The number of carbonyl (C=O) groups excluding carboxylic acids is 1. The maximum atomic E-state index is 12.8. The Morgan fingerprint density at radius 1 is 1.44 bits per heavy atom. The van der Waals surface area contributed by atoms with E-state index in [1.165, 1.54) is 38.7 Å². The Bertz CT molecular complexity index is 1180. The van der Waals surface area contributed by atoms with Gasteiger partial charge in [-0.1, -0.05) is 39.5 Å². The summed E-state index contributed by atoms with van der Waals surface area (Å²) in [7, 11) is 6.05. The number of aliphatic hydroxyl groups excluding tert-OH is 1. The fourth-order valence-corrected chi connectivity index (χ4v) is 5.42. The van der Waals surface area contributed by atoms with Gasteiger partial charge in [0.1, 0.15) is 24.9 Å². The second-order valence-corrected chi connectivity index (χ2v) is 12.4. The number of rotatable bonds is 14. The Morgan fingerprint density at radius 2 is 2.17 bits per heavy atom. The van der Waals surface area contributed by atoms with Crippen LogP contribution in [0.2, 0.25) is 0 Å². The largest absolute Gasteiger partial charge is 0.471 e. The Morgan fingerprint density at radius 3 is 2.80 bits per heavy atom. The van der Waals surface area contributed by atoms with E-state index in [0.29, 0.717) is 12.0 Å². The molecule has 1 unspecified atom stereocenters. The molecular formula is C25H34F3N5O6S2. The van der Waals surface area contributed by atoms with Crippen LogP contribution in [0.25, 0.3) is 0 Å². The van der Waals surface area contributed by atoms with E-state index in [9.17, 15) is 27.9 Å². The molecule has 2 rings (SSSR count). The minimum absolute atomic E-state index is 0.0126. The Hall–Kier alpha value is -2.55. The van der Waals surface area contributed by atoms with Gasteiger partial charge in [-0.3, -0.25) is 9.36 Å². The van der Waals surface area contributed by atoms with Gasteiger partial charge in [0.15, 0.2) is 5.82 Å². The second-order valence-electron chi connectivity index (χ2n) is 9.49. The lowest BCUT2D eigenvalue weighted by atomic mass is 10.2. The zero-order chi connectivity index (χ0) is 30.6. The van der Waals surface area contributed by atoms with Crippen LogP contribution in [-0.2, 0) is 19.0 Å². The van der Waals surface area contributed by atoms with Crippen molar-refractivity contribution >= 4 is 39.7 Å². The lowest BCUT2D eigenvalue weighted by Gasteiger charge is -2.23. The highest BCUT2D eigenvalue weighted by Gasteiger charge is 2.39. The van der Waals surface area contributed by atoms with Gasteiger partial charge in [0.2, 0.25) is 0 Å². The fraction of sp³-hybridized carbons (Fsp3) is 0.600. The van der Waals surface area contributed by atoms with Crippen molar-refractivity contribution < 1.29 is 37.3 Å². The van der Waals surface area contributed by atoms with E-state index in [1.54, 1.807) is 38.9 Å². The molecule has 1 fully saturated rings. The first-order valence-electron chi connectivity index (χ1n) is 12.3. The van der Waals surface area contributed by atoms with Crippen LogP contribution in [0.15, 0.2) is 28.6 Å². The van der Waals surface area contributed by atoms with Crippen LogP contribution in [0, 0.1) is 11.8 Å². The lowest BCUT2D eigenvalue weighted by Crippen LogP contribution is -2.42. The molecule has 0 radical (unpaired) electrons. The Balaban J connectivity index is 2.04. The maximum absolute atomic E-state index is 12.8. The number of carbonyl (C=O) groups is 1. The van der Waals surface area contributed by atoms with E-state index in [0.717, 1.165) is 0 Å². The molecule has 0 saturated carbocycles. The predicted octanol–water partition coefficient (Wildman–Crippen LogP) is 2.48. The summed E-state index contributed by atoms with van der Waals surface area (Å²) >= 11 is 0. The smallest absolute Gasteiger partial charge is 0.394 e. The first-order chi connectivity index (χ1) is 19.3. The number of alkyl halides is 3. The SMILES string of the molecule is C=CCOC1C[C@H](n2cc(C#CCOCSSC(C)(C)CNC(=O)C(F)(F)F)c(/N=C/N(C)C)nc2=O)O[C@@H]1CO. The quantitative estimate of drug-likeness (QED) is 0.0609. The van der Waals surface area contributed by atoms with Crippen molar-refractivity contribution in [2.45, 2.75) is 49.6 Å². The molecule has 1 aromatic heterocycles. The molecular weight excluding hydrogens is 587 g/mol. The van der Waals surface area contributed by atoms with Gasteiger partial charge < -0.3 is 29.5 Å². The molecule has 0 aromatic carbocycles. The van der Waals surface area contributed by atoms with Crippen molar-refractivity contribution in [3.63, 3.8) is 0 Å². The van der Waals surface area contributed by atoms with Crippen molar-refractivity contribution in [3.05, 3.63) is 34.9 Å². The lowest BCUT2D eigenvalue weighted by molar-refractivity contribution is -0.173. The Labute approximate surface area is 244 Å². The number of aliphatic hydroxyl groups is 1. The van der Waals surface area contributed by atoms with Gasteiger partial charge in [-0.15, -0.1) is 6.58 Å². The van der Waals surface area contributed by atoms with Crippen LogP contribution < -0.4 is 11.0 Å². The summed E-state index contributed by atoms with van der Waals surface area (Å²) in [6.07, 6.45) is -1.86. The topological polar surface area (TPSA) is 128 Å². The predicted molar refractivity (Wildman–Crippen MR) is 152 cm³/mol. The standard InChI is InChI=1S/C25H34F3N5O6S2/c1-6-9-38-18-11-20(39-19(18)13-34)33-12-17(21(31-23(33)36)30-15-32(4)5)8-7-10-37-16-40-41-24(2,3)14-29-22(35)25(26,27)28/h6,12,15,18-20,34H,1,9-11,13-14,16H2,2-5H3,(H,29,35)/b30-15+/t18?,19-,20-/m1/s1. The molecule has 2 N–H and O–H groups in total. The van der Waals surface area contributed by atoms with E-state index in [-0.39, 0.29) is 38.1 Å². The number of ether oxygens (including phenoxy) is 3. The molecule has 41 heavy (non-hydrogen) atoms. The molecule has 2 heterocycles. The molecule has 11 nitrogen and oxygen atoms in total. The highest BCUT2D eigenvalue weighted by atomic mass is 33.1. The van der Waals surface area contributed by atoms with Crippen LogP contribution in [-0.4, -0.2) is 101 Å². The van der Waals surface area contributed by atoms with E-state index in [1.807, 2.05) is 5.32 Å². The number of nitrogens with one attached hydrogen (secondary N) is 1. The molecule has 1 aromatic rings. The van der Waals surface area contributed by atoms with Crippen molar-refractivity contribution in [2.24, 2.45) is 4.99 Å². The Kier molecular flexibility index (Phi) is 13.7. The van der Waals surface area contributed by atoms with Gasteiger partial charge in [0.25, 0.3) is 0 Å². The summed E-state index contributed by atoms with van der Waals surface area (Å²) in [4.78, 5) is 33.8. The molecule has 1 aliphatic heterocycles. The van der Waals surface area contributed by atoms with Crippen molar-refractivity contribution in [1.82, 2.24) is 19.8 Å². The first-order valence-corrected chi connectivity index (χ1v) is 14.6. The third-order valence-electron chi connectivity index (χ3n) is 5.19. The zero-order valence-corrected chi connectivity index (χ0v) is 24.8. The van der Waals surface area contributed by atoms with Gasteiger partial charge >= 0.3 is 17.8 Å². The van der Waals surface area contributed by atoms with Gasteiger partial charge in [0.05, 0.1) is 31.2 Å². The van der Waals surface area contributed by atoms with Gasteiger partial charge in [-0.05, 0) is 13.8 Å². The average molecular weight is 622 g/mol. The zero-order valence-electron chi connectivity index (χ0n) is 23.1. The number of amides is 1. The normalized spacial score (nSPS) is 19.2. The molecule has 0 spiro atoms. The van der Waals surface area contributed by atoms with Crippen molar-refractivity contribution in [3.8, 4) is 11.8 Å².